The lowest BCUT2D eigenvalue weighted by Crippen LogP contribution is -2.25. The molecule has 0 atom stereocenters. The van der Waals surface area contributed by atoms with Crippen LogP contribution in [0.4, 0.5) is 0 Å². The smallest absolute Gasteiger partial charge is 0.249 e. The molecule has 5 nitrogen and oxygen atoms in total. The summed E-state index contributed by atoms with van der Waals surface area (Å²) in [4.78, 5) is 19.0. The average molecular weight is 300 g/mol. The molecule has 2 heterocycles. The zero-order chi connectivity index (χ0) is 16.1. The Morgan fingerprint density at radius 1 is 1.41 bits per heavy atom. The van der Waals surface area contributed by atoms with Crippen LogP contribution in [0.2, 0.25) is 0 Å². The molecule has 3 N–H and O–H groups in total. The largest absolute Gasteiger partial charge is 0.405 e. The van der Waals surface area contributed by atoms with Gasteiger partial charge in [0.25, 0.3) is 0 Å². The van der Waals surface area contributed by atoms with Gasteiger partial charge in [0.1, 0.15) is 0 Å². The number of aromatic nitrogens is 1. The van der Waals surface area contributed by atoms with Gasteiger partial charge in [-0.05, 0) is 38.1 Å². The van der Waals surface area contributed by atoms with Gasteiger partial charge in [0, 0.05) is 43.4 Å². The highest BCUT2D eigenvalue weighted by Crippen LogP contribution is 2.36. The van der Waals surface area contributed by atoms with E-state index in [1.165, 1.54) is 19.0 Å². The van der Waals surface area contributed by atoms with Crippen LogP contribution in [0.25, 0.3) is 5.70 Å². The van der Waals surface area contributed by atoms with E-state index in [4.69, 9.17) is 0 Å². The molecule has 0 spiro atoms. The van der Waals surface area contributed by atoms with Crippen molar-refractivity contribution in [3.05, 3.63) is 47.4 Å². The lowest BCUT2D eigenvalue weighted by atomic mass is 10.1. The first-order valence-electron chi connectivity index (χ1n) is 7.62. The third-order valence-corrected chi connectivity index (χ3v) is 3.92. The fourth-order valence-electron chi connectivity index (χ4n) is 3.02. The number of likely N-dealkylation sites (N-methyl/N-ethyl adjacent to an activating group) is 1. The summed E-state index contributed by atoms with van der Waals surface area (Å²) in [6.45, 7) is 7.22. The Morgan fingerprint density at radius 2 is 2.05 bits per heavy atom. The van der Waals surface area contributed by atoms with Crippen LogP contribution in [0.1, 0.15) is 29.8 Å². The Bertz CT molecular complexity index is 601. The number of amides is 1. The molecule has 1 saturated heterocycles. The van der Waals surface area contributed by atoms with Crippen molar-refractivity contribution in [1.82, 2.24) is 15.2 Å². The molecule has 5 heteroatoms. The van der Waals surface area contributed by atoms with E-state index in [1.54, 1.807) is 7.05 Å². The summed E-state index contributed by atoms with van der Waals surface area (Å²) in [5.74, 6) is 0.0255. The molecular weight excluding hydrogens is 276 g/mol. The van der Waals surface area contributed by atoms with E-state index in [0.717, 1.165) is 41.3 Å². The quantitative estimate of drug-likeness (QED) is 0.870. The molecule has 1 fully saturated rings. The minimum absolute atomic E-state index is 0.0255. The number of hydrogen-bond donors (Lipinski definition) is 2. The Kier molecular flexibility index (Phi) is 5.20. The number of nitrogens with two attached hydrogens (primary N) is 1. The van der Waals surface area contributed by atoms with E-state index in [9.17, 15) is 4.79 Å². The SMILES string of the molecule is C=CN.CNC(=O)C1=C(N2CCCC2)c2ccc(C)nc2C1. The van der Waals surface area contributed by atoms with Gasteiger partial charge in [0.2, 0.25) is 5.91 Å². The van der Waals surface area contributed by atoms with Crippen LogP contribution in [0.5, 0.6) is 0 Å². The van der Waals surface area contributed by atoms with E-state index >= 15 is 0 Å². The second kappa shape index (κ2) is 7.11. The van der Waals surface area contributed by atoms with Crippen molar-refractivity contribution in [2.45, 2.75) is 26.2 Å². The summed E-state index contributed by atoms with van der Waals surface area (Å²) < 4.78 is 0. The molecule has 0 aromatic carbocycles. The maximum atomic E-state index is 12.1. The van der Waals surface area contributed by atoms with Gasteiger partial charge in [-0.2, -0.15) is 0 Å². The first-order chi connectivity index (χ1) is 10.6. The number of aryl methyl sites for hydroxylation is 1. The zero-order valence-electron chi connectivity index (χ0n) is 13.4. The third kappa shape index (κ3) is 3.13. The number of pyridine rings is 1. The Labute approximate surface area is 131 Å². The van der Waals surface area contributed by atoms with Crippen LogP contribution in [-0.4, -0.2) is 35.9 Å². The van der Waals surface area contributed by atoms with Crippen molar-refractivity contribution < 1.29 is 4.79 Å². The minimum atomic E-state index is 0.0255. The maximum absolute atomic E-state index is 12.1. The van der Waals surface area contributed by atoms with Crippen molar-refractivity contribution in [1.29, 1.82) is 0 Å². The zero-order valence-corrected chi connectivity index (χ0v) is 13.4. The molecule has 0 radical (unpaired) electrons. The molecule has 1 aliphatic carbocycles. The summed E-state index contributed by atoms with van der Waals surface area (Å²) >= 11 is 0. The van der Waals surface area contributed by atoms with Crippen LogP contribution >= 0.6 is 0 Å². The van der Waals surface area contributed by atoms with Crippen LogP contribution in [-0.2, 0) is 11.2 Å². The minimum Gasteiger partial charge on any atom is -0.405 e. The van der Waals surface area contributed by atoms with Gasteiger partial charge in [-0.25, -0.2) is 0 Å². The summed E-state index contributed by atoms with van der Waals surface area (Å²) in [5.41, 5.74) is 9.79. The molecule has 1 aromatic heterocycles. The number of hydrogen-bond acceptors (Lipinski definition) is 4. The molecule has 22 heavy (non-hydrogen) atoms. The third-order valence-electron chi connectivity index (χ3n) is 3.92. The predicted molar refractivity (Wildman–Crippen MR) is 88.9 cm³/mol. The van der Waals surface area contributed by atoms with Crippen molar-refractivity contribution in [3.63, 3.8) is 0 Å². The molecule has 1 amide bonds. The Morgan fingerprint density at radius 3 is 2.64 bits per heavy atom. The van der Waals surface area contributed by atoms with Gasteiger partial charge in [-0.3, -0.25) is 9.78 Å². The summed E-state index contributed by atoms with van der Waals surface area (Å²) in [6.07, 6.45) is 4.32. The number of rotatable bonds is 2. The van der Waals surface area contributed by atoms with E-state index in [-0.39, 0.29) is 5.91 Å². The van der Waals surface area contributed by atoms with Crippen molar-refractivity contribution >= 4 is 11.6 Å². The molecule has 2 aliphatic rings. The highest BCUT2D eigenvalue weighted by atomic mass is 16.1. The van der Waals surface area contributed by atoms with E-state index in [1.807, 2.05) is 13.0 Å². The lowest BCUT2D eigenvalue weighted by molar-refractivity contribution is -0.117. The van der Waals surface area contributed by atoms with Crippen LogP contribution in [0.15, 0.2) is 30.5 Å². The predicted octanol–water partition coefficient (Wildman–Crippen LogP) is 1.59. The topological polar surface area (TPSA) is 71.2 Å². The van der Waals surface area contributed by atoms with Crippen LogP contribution in [0, 0.1) is 6.92 Å². The number of fused-ring (bicyclic) bond motifs is 1. The highest BCUT2D eigenvalue weighted by Gasteiger charge is 2.31. The number of likely N-dealkylation sites (tertiary alicyclic amines) is 1. The molecule has 0 unspecified atom stereocenters. The van der Waals surface area contributed by atoms with Crippen LogP contribution < -0.4 is 11.1 Å². The summed E-state index contributed by atoms with van der Waals surface area (Å²) in [6, 6.07) is 4.14. The van der Waals surface area contributed by atoms with E-state index < -0.39 is 0 Å². The first-order valence-corrected chi connectivity index (χ1v) is 7.62. The second-order valence-corrected chi connectivity index (χ2v) is 5.46. The summed E-state index contributed by atoms with van der Waals surface area (Å²) in [5, 5.41) is 2.76. The highest BCUT2D eigenvalue weighted by molar-refractivity contribution is 6.03. The Balaban J connectivity index is 0.000000545. The molecule has 1 aliphatic heterocycles. The number of nitrogens with one attached hydrogen (secondary N) is 1. The normalized spacial score (nSPS) is 16.0. The number of nitrogens with zero attached hydrogens (tertiary/aromatic N) is 2. The molecule has 1 aromatic rings. The van der Waals surface area contributed by atoms with Gasteiger partial charge < -0.3 is 16.0 Å². The second-order valence-electron chi connectivity index (χ2n) is 5.46. The number of carbonyl (C=O) groups is 1. The van der Waals surface area contributed by atoms with Gasteiger partial charge in [0.15, 0.2) is 0 Å². The van der Waals surface area contributed by atoms with Crippen LogP contribution in [0.3, 0.4) is 0 Å². The monoisotopic (exact) mass is 300 g/mol. The molecular formula is C17H24N4O. The van der Waals surface area contributed by atoms with Crippen molar-refractivity contribution in [2.24, 2.45) is 5.73 Å². The maximum Gasteiger partial charge on any atom is 0.249 e. The standard InChI is InChI=1S/C15H19N3O.C2H5N/c1-10-5-6-11-13(17-10)9-12(15(19)16-2)14(11)18-7-3-4-8-18;1-2-3/h5-6H,3-4,7-9H2,1-2H3,(H,16,19);2H,1,3H2. The van der Waals surface area contributed by atoms with Gasteiger partial charge in [0.05, 0.1) is 11.4 Å². The average Bonchev–Trinajstić information content (AvgIpc) is 3.13. The summed E-state index contributed by atoms with van der Waals surface area (Å²) in [7, 11) is 1.69. The first kappa shape index (κ1) is 16.1. The molecule has 3 rings (SSSR count). The molecule has 118 valence electrons. The van der Waals surface area contributed by atoms with E-state index in [2.05, 4.69) is 33.6 Å². The Hall–Kier alpha value is -2.30. The van der Waals surface area contributed by atoms with Gasteiger partial charge in [-0.15, -0.1) is 0 Å². The van der Waals surface area contributed by atoms with Crippen molar-refractivity contribution in [3.8, 4) is 0 Å². The van der Waals surface area contributed by atoms with Crippen molar-refractivity contribution in [2.75, 3.05) is 20.1 Å². The fourth-order valence-corrected chi connectivity index (χ4v) is 3.02. The van der Waals surface area contributed by atoms with E-state index in [0.29, 0.717) is 6.42 Å². The molecule has 0 bridgehead atoms. The fraction of sp³-hybridized carbons (Fsp3) is 0.412. The van der Waals surface area contributed by atoms with Gasteiger partial charge >= 0.3 is 0 Å². The van der Waals surface area contributed by atoms with Gasteiger partial charge in [-0.1, -0.05) is 6.58 Å². The lowest BCUT2D eigenvalue weighted by Gasteiger charge is -2.21. The molecule has 0 saturated carbocycles. The number of carbonyl (C=O) groups excluding carboxylic acids is 1.